The number of nitrogens with one attached hydrogen (secondary N) is 1. The predicted molar refractivity (Wildman–Crippen MR) is 63.2 cm³/mol. The molecule has 0 unspecified atom stereocenters. The normalized spacial score (nSPS) is 17.8. The lowest BCUT2D eigenvalue weighted by Gasteiger charge is -2.25. The highest BCUT2D eigenvalue weighted by Gasteiger charge is 2.26. The number of hydrogen-bond acceptors (Lipinski definition) is 4. The molecule has 0 saturated heterocycles. The number of amides is 1. The van der Waals surface area contributed by atoms with Gasteiger partial charge in [0.1, 0.15) is 5.75 Å². The molecule has 2 rings (SSSR count). The minimum Gasteiger partial charge on any atom is -0.435 e. The van der Waals surface area contributed by atoms with E-state index in [4.69, 9.17) is 5.73 Å². The lowest BCUT2D eigenvalue weighted by molar-refractivity contribution is -0.118. The van der Waals surface area contributed by atoms with E-state index in [1.807, 2.05) is 0 Å². The van der Waals surface area contributed by atoms with Crippen LogP contribution in [-0.4, -0.2) is 24.3 Å². The summed E-state index contributed by atoms with van der Waals surface area (Å²) in [6.45, 7) is -2.94. The van der Waals surface area contributed by atoms with E-state index in [9.17, 15) is 18.4 Å². The summed E-state index contributed by atoms with van der Waals surface area (Å²) in [6, 6.07) is 3.70. The van der Waals surface area contributed by atoms with Gasteiger partial charge < -0.3 is 15.8 Å². The molecule has 1 aliphatic rings. The van der Waals surface area contributed by atoms with Gasteiger partial charge in [-0.05, 0) is 18.2 Å². The molecule has 0 aliphatic carbocycles. The standard InChI is InChI=1S/C12H12F2N2O3/c13-12(14)19-7-1-2-9-8(5-7)10(17)3-6(16-9)4-11(15)18/h1-2,5-6,12,16H,3-4H2,(H2,15,18)/t6-/m0/s1. The third kappa shape index (κ3) is 3.18. The quantitative estimate of drug-likeness (QED) is 0.869. The van der Waals surface area contributed by atoms with Crippen LogP contribution in [-0.2, 0) is 4.79 Å². The van der Waals surface area contributed by atoms with Crippen molar-refractivity contribution < 1.29 is 23.1 Å². The summed E-state index contributed by atoms with van der Waals surface area (Å²) in [5, 5.41) is 2.97. The molecule has 5 nitrogen and oxygen atoms in total. The van der Waals surface area contributed by atoms with Crippen LogP contribution in [0.5, 0.6) is 5.75 Å². The first-order valence-electron chi connectivity index (χ1n) is 5.62. The van der Waals surface area contributed by atoms with Crippen LogP contribution in [0.15, 0.2) is 18.2 Å². The molecule has 0 bridgehead atoms. The van der Waals surface area contributed by atoms with E-state index >= 15 is 0 Å². The molecule has 1 heterocycles. The third-order valence-electron chi connectivity index (χ3n) is 2.76. The van der Waals surface area contributed by atoms with Gasteiger partial charge in [-0.1, -0.05) is 0 Å². The van der Waals surface area contributed by atoms with Crippen molar-refractivity contribution in [3.05, 3.63) is 23.8 Å². The Morgan fingerprint density at radius 1 is 1.53 bits per heavy atom. The fraction of sp³-hybridized carbons (Fsp3) is 0.333. The summed E-state index contributed by atoms with van der Waals surface area (Å²) in [6.07, 6.45) is 0.133. The van der Waals surface area contributed by atoms with Gasteiger partial charge in [0, 0.05) is 30.1 Å². The van der Waals surface area contributed by atoms with Crippen molar-refractivity contribution in [1.29, 1.82) is 0 Å². The number of halogens is 2. The van der Waals surface area contributed by atoms with E-state index < -0.39 is 12.5 Å². The van der Waals surface area contributed by atoms with Gasteiger partial charge >= 0.3 is 6.61 Å². The summed E-state index contributed by atoms with van der Waals surface area (Å²) in [7, 11) is 0. The van der Waals surface area contributed by atoms with Crippen molar-refractivity contribution in [2.45, 2.75) is 25.5 Å². The monoisotopic (exact) mass is 270 g/mol. The fourth-order valence-electron chi connectivity index (χ4n) is 2.03. The summed E-state index contributed by atoms with van der Waals surface area (Å²) in [5.74, 6) is -0.816. The Kier molecular flexibility index (Phi) is 3.64. The van der Waals surface area contributed by atoms with Gasteiger partial charge in [0.2, 0.25) is 5.91 Å². The topological polar surface area (TPSA) is 81.4 Å². The first-order chi connectivity index (χ1) is 8.95. The lowest BCUT2D eigenvalue weighted by atomic mass is 9.94. The Balaban J connectivity index is 2.20. The smallest absolute Gasteiger partial charge is 0.387 e. The molecule has 0 radical (unpaired) electrons. The molecule has 19 heavy (non-hydrogen) atoms. The number of rotatable bonds is 4. The molecule has 0 fully saturated rings. The average molecular weight is 270 g/mol. The molecular formula is C12H12F2N2O3. The number of fused-ring (bicyclic) bond motifs is 1. The molecule has 1 aliphatic heterocycles. The molecule has 7 heteroatoms. The average Bonchev–Trinajstić information content (AvgIpc) is 2.28. The largest absolute Gasteiger partial charge is 0.435 e. The molecule has 1 aromatic rings. The van der Waals surface area contributed by atoms with Crippen LogP contribution in [0.4, 0.5) is 14.5 Å². The fourth-order valence-corrected chi connectivity index (χ4v) is 2.03. The number of carbonyl (C=O) groups excluding carboxylic acids is 2. The zero-order chi connectivity index (χ0) is 14.0. The van der Waals surface area contributed by atoms with Crippen molar-refractivity contribution >= 4 is 17.4 Å². The predicted octanol–water partition coefficient (Wildman–Crippen LogP) is 1.53. The van der Waals surface area contributed by atoms with E-state index in [0.29, 0.717) is 5.69 Å². The number of hydrogen-bond donors (Lipinski definition) is 2. The van der Waals surface area contributed by atoms with Gasteiger partial charge in [-0.25, -0.2) is 0 Å². The molecule has 1 amide bonds. The Morgan fingerprint density at radius 2 is 2.26 bits per heavy atom. The Labute approximate surface area is 107 Å². The van der Waals surface area contributed by atoms with Crippen molar-refractivity contribution in [2.75, 3.05) is 5.32 Å². The van der Waals surface area contributed by atoms with Gasteiger partial charge in [-0.3, -0.25) is 9.59 Å². The summed E-state index contributed by atoms with van der Waals surface area (Å²) in [5.41, 5.74) is 5.84. The maximum absolute atomic E-state index is 12.1. The molecule has 0 saturated carbocycles. The lowest BCUT2D eigenvalue weighted by Crippen LogP contribution is -2.33. The molecular weight excluding hydrogens is 258 g/mol. The Bertz CT molecular complexity index is 520. The van der Waals surface area contributed by atoms with E-state index in [-0.39, 0.29) is 36.0 Å². The highest BCUT2D eigenvalue weighted by molar-refractivity contribution is 6.04. The van der Waals surface area contributed by atoms with Crippen LogP contribution in [0, 0.1) is 0 Å². The van der Waals surface area contributed by atoms with Crippen LogP contribution in [0.25, 0.3) is 0 Å². The highest BCUT2D eigenvalue weighted by atomic mass is 19.3. The van der Waals surface area contributed by atoms with Crippen LogP contribution in [0.3, 0.4) is 0 Å². The second-order valence-electron chi connectivity index (χ2n) is 4.22. The molecule has 3 N–H and O–H groups in total. The van der Waals surface area contributed by atoms with Crippen LogP contribution < -0.4 is 15.8 Å². The van der Waals surface area contributed by atoms with Crippen molar-refractivity contribution in [3.63, 3.8) is 0 Å². The van der Waals surface area contributed by atoms with E-state index in [1.54, 1.807) is 0 Å². The Hall–Kier alpha value is -2.18. The van der Waals surface area contributed by atoms with Gasteiger partial charge in [-0.15, -0.1) is 0 Å². The first kappa shape index (κ1) is 13.3. The minimum absolute atomic E-state index is 0.0421. The maximum Gasteiger partial charge on any atom is 0.387 e. The van der Waals surface area contributed by atoms with Gasteiger partial charge in [-0.2, -0.15) is 8.78 Å². The van der Waals surface area contributed by atoms with Crippen LogP contribution in [0.2, 0.25) is 0 Å². The summed E-state index contributed by atoms with van der Waals surface area (Å²) in [4.78, 5) is 22.7. The van der Waals surface area contributed by atoms with Crippen molar-refractivity contribution in [3.8, 4) is 5.75 Å². The highest BCUT2D eigenvalue weighted by Crippen LogP contribution is 2.30. The number of anilines is 1. The summed E-state index contributed by atoms with van der Waals surface area (Å²) >= 11 is 0. The number of carbonyl (C=O) groups is 2. The van der Waals surface area contributed by atoms with Gasteiger partial charge in [0.25, 0.3) is 0 Å². The first-order valence-corrected chi connectivity index (χ1v) is 5.62. The Morgan fingerprint density at radius 3 is 2.89 bits per heavy atom. The van der Waals surface area contributed by atoms with Crippen molar-refractivity contribution in [2.24, 2.45) is 5.73 Å². The number of nitrogens with two attached hydrogens (primary N) is 1. The summed E-state index contributed by atoms with van der Waals surface area (Å²) < 4.78 is 28.4. The second kappa shape index (κ2) is 5.21. The van der Waals surface area contributed by atoms with Crippen LogP contribution in [0.1, 0.15) is 23.2 Å². The van der Waals surface area contributed by atoms with Crippen molar-refractivity contribution in [1.82, 2.24) is 0 Å². The number of alkyl halides is 2. The number of Topliss-reactive ketones (excluding diaryl/α,β-unsaturated/α-hetero) is 1. The molecule has 0 aromatic heterocycles. The SMILES string of the molecule is NC(=O)C[C@@H]1CC(=O)c2cc(OC(F)F)ccc2N1. The van der Waals surface area contributed by atoms with E-state index in [2.05, 4.69) is 10.1 Å². The zero-order valence-electron chi connectivity index (χ0n) is 9.86. The maximum atomic E-state index is 12.1. The number of ether oxygens (including phenoxy) is 1. The molecule has 1 atom stereocenters. The number of ketones is 1. The third-order valence-corrected chi connectivity index (χ3v) is 2.76. The van der Waals surface area contributed by atoms with E-state index in [1.165, 1.54) is 18.2 Å². The molecule has 0 spiro atoms. The minimum atomic E-state index is -2.94. The van der Waals surface area contributed by atoms with Gasteiger partial charge in [0.15, 0.2) is 5.78 Å². The number of primary amides is 1. The zero-order valence-corrected chi connectivity index (χ0v) is 9.86. The van der Waals surface area contributed by atoms with Crippen LogP contribution >= 0.6 is 0 Å². The number of benzene rings is 1. The van der Waals surface area contributed by atoms with Gasteiger partial charge in [0.05, 0.1) is 0 Å². The molecule has 1 aromatic carbocycles. The molecule has 102 valence electrons. The second-order valence-corrected chi connectivity index (χ2v) is 4.22. The van der Waals surface area contributed by atoms with E-state index in [0.717, 1.165) is 0 Å².